The number of nitrogens with zero attached hydrogens (tertiary/aromatic N) is 1. The molecule has 0 spiro atoms. The Balaban J connectivity index is 1.61. The average molecular weight is 293 g/mol. The lowest BCUT2D eigenvalue weighted by Gasteiger charge is -2.41. The minimum atomic E-state index is 0.402. The van der Waals surface area contributed by atoms with Gasteiger partial charge in [-0.2, -0.15) is 0 Å². The number of hydrazine groups is 1. The van der Waals surface area contributed by atoms with Crippen LogP contribution in [0.5, 0.6) is 0 Å². The first-order valence-electron chi connectivity index (χ1n) is 8.13. The van der Waals surface area contributed by atoms with Crippen molar-refractivity contribution >= 4 is 11.3 Å². The Morgan fingerprint density at radius 1 is 1.30 bits per heavy atom. The van der Waals surface area contributed by atoms with Crippen LogP contribution in [-0.2, 0) is 6.42 Å². The van der Waals surface area contributed by atoms with Crippen LogP contribution in [0.2, 0.25) is 0 Å². The van der Waals surface area contributed by atoms with E-state index in [0.717, 1.165) is 29.2 Å². The molecule has 0 bridgehead atoms. The van der Waals surface area contributed by atoms with Crippen LogP contribution < -0.4 is 11.3 Å². The molecule has 4 unspecified atom stereocenters. The van der Waals surface area contributed by atoms with Gasteiger partial charge in [-0.15, -0.1) is 11.3 Å². The Hall–Kier alpha value is -0.450. The Morgan fingerprint density at radius 2 is 2.10 bits per heavy atom. The zero-order chi connectivity index (χ0) is 13.9. The van der Waals surface area contributed by atoms with E-state index in [1.165, 1.54) is 50.6 Å². The van der Waals surface area contributed by atoms with E-state index in [1.54, 1.807) is 11.3 Å². The van der Waals surface area contributed by atoms with Crippen molar-refractivity contribution in [2.45, 2.75) is 64.3 Å². The van der Waals surface area contributed by atoms with E-state index in [0.29, 0.717) is 6.04 Å². The zero-order valence-electron chi connectivity index (χ0n) is 12.5. The number of nitrogens with one attached hydrogen (secondary N) is 1. The predicted molar refractivity (Wildman–Crippen MR) is 84.5 cm³/mol. The van der Waals surface area contributed by atoms with Gasteiger partial charge in [-0.3, -0.25) is 11.3 Å². The fraction of sp³-hybridized carbons (Fsp3) is 0.812. The SMILES string of the molecule is Cc1nc(CC(NN)C2CCC3CCCCC3C2)cs1. The first-order valence-corrected chi connectivity index (χ1v) is 9.01. The van der Waals surface area contributed by atoms with Crippen LogP contribution in [0.15, 0.2) is 5.38 Å². The van der Waals surface area contributed by atoms with Crippen LogP contribution in [0.25, 0.3) is 0 Å². The van der Waals surface area contributed by atoms with Gasteiger partial charge < -0.3 is 0 Å². The molecule has 4 heteroatoms. The van der Waals surface area contributed by atoms with Gasteiger partial charge in [-0.1, -0.05) is 25.7 Å². The number of aryl methyl sites for hydroxylation is 1. The normalized spacial score (nSPS) is 31.8. The van der Waals surface area contributed by atoms with Crippen LogP contribution in [0.4, 0.5) is 0 Å². The van der Waals surface area contributed by atoms with Crippen molar-refractivity contribution in [3.8, 4) is 0 Å². The summed E-state index contributed by atoms with van der Waals surface area (Å²) < 4.78 is 0. The molecule has 3 rings (SSSR count). The maximum absolute atomic E-state index is 5.85. The molecule has 3 N–H and O–H groups in total. The molecule has 1 heterocycles. The minimum Gasteiger partial charge on any atom is -0.271 e. The molecule has 0 amide bonds. The number of rotatable bonds is 4. The Labute approximate surface area is 126 Å². The summed E-state index contributed by atoms with van der Waals surface area (Å²) in [5, 5.41) is 3.35. The quantitative estimate of drug-likeness (QED) is 0.660. The summed E-state index contributed by atoms with van der Waals surface area (Å²) in [7, 11) is 0. The van der Waals surface area contributed by atoms with Crippen molar-refractivity contribution in [1.82, 2.24) is 10.4 Å². The number of nitrogens with two attached hydrogens (primary N) is 1. The zero-order valence-corrected chi connectivity index (χ0v) is 13.3. The van der Waals surface area contributed by atoms with Crippen LogP contribution in [0.3, 0.4) is 0 Å². The molecule has 2 fully saturated rings. The maximum atomic E-state index is 5.85. The number of aromatic nitrogens is 1. The van der Waals surface area contributed by atoms with Gasteiger partial charge in [0, 0.05) is 17.8 Å². The lowest BCUT2D eigenvalue weighted by molar-refractivity contribution is 0.109. The van der Waals surface area contributed by atoms with Gasteiger partial charge in [0.15, 0.2) is 0 Å². The Kier molecular flexibility index (Phi) is 4.74. The van der Waals surface area contributed by atoms with Crippen molar-refractivity contribution in [1.29, 1.82) is 0 Å². The Morgan fingerprint density at radius 3 is 2.80 bits per heavy atom. The van der Waals surface area contributed by atoms with Gasteiger partial charge in [0.2, 0.25) is 0 Å². The standard InChI is InChI=1S/C16H27N3S/c1-11-18-15(10-20-11)9-16(19-17)14-7-6-12-4-2-3-5-13(12)8-14/h10,12-14,16,19H,2-9,17H2,1H3. The molecule has 2 saturated carbocycles. The molecule has 0 aliphatic heterocycles. The molecule has 1 aromatic heterocycles. The minimum absolute atomic E-state index is 0.402. The lowest BCUT2D eigenvalue weighted by Crippen LogP contribution is -2.45. The summed E-state index contributed by atoms with van der Waals surface area (Å²) in [6, 6.07) is 0.402. The van der Waals surface area contributed by atoms with E-state index in [-0.39, 0.29) is 0 Å². The highest BCUT2D eigenvalue weighted by atomic mass is 32.1. The van der Waals surface area contributed by atoms with Gasteiger partial charge in [0.25, 0.3) is 0 Å². The molecular formula is C16H27N3S. The van der Waals surface area contributed by atoms with Gasteiger partial charge in [0.05, 0.1) is 10.7 Å². The molecule has 2 aliphatic rings. The van der Waals surface area contributed by atoms with E-state index in [2.05, 4.69) is 22.7 Å². The third kappa shape index (κ3) is 3.23. The van der Waals surface area contributed by atoms with Crippen molar-refractivity contribution < 1.29 is 0 Å². The van der Waals surface area contributed by atoms with Crippen LogP contribution in [0, 0.1) is 24.7 Å². The second kappa shape index (κ2) is 6.54. The van der Waals surface area contributed by atoms with Gasteiger partial charge in [-0.05, 0) is 43.9 Å². The highest BCUT2D eigenvalue weighted by molar-refractivity contribution is 7.09. The summed E-state index contributed by atoms with van der Waals surface area (Å²) >= 11 is 1.74. The van der Waals surface area contributed by atoms with Gasteiger partial charge >= 0.3 is 0 Å². The summed E-state index contributed by atoms with van der Waals surface area (Å²) in [5.74, 6) is 8.57. The number of fused-ring (bicyclic) bond motifs is 1. The topological polar surface area (TPSA) is 50.9 Å². The van der Waals surface area contributed by atoms with Crippen molar-refractivity contribution in [3.63, 3.8) is 0 Å². The average Bonchev–Trinajstić information content (AvgIpc) is 2.89. The third-order valence-electron chi connectivity index (χ3n) is 5.46. The molecule has 2 aliphatic carbocycles. The summed E-state index contributed by atoms with van der Waals surface area (Å²) in [6.07, 6.45) is 11.0. The Bertz CT molecular complexity index is 431. The second-order valence-electron chi connectivity index (χ2n) is 6.71. The molecule has 112 valence electrons. The second-order valence-corrected chi connectivity index (χ2v) is 7.78. The smallest absolute Gasteiger partial charge is 0.0897 e. The fourth-order valence-electron chi connectivity index (χ4n) is 4.36. The molecule has 0 radical (unpaired) electrons. The fourth-order valence-corrected chi connectivity index (χ4v) is 4.99. The monoisotopic (exact) mass is 293 g/mol. The van der Waals surface area contributed by atoms with Crippen LogP contribution >= 0.6 is 11.3 Å². The highest BCUT2D eigenvalue weighted by Crippen LogP contribution is 2.43. The molecule has 0 aromatic carbocycles. The molecule has 4 atom stereocenters. The molecular weight excluding hydrogens is 266 g/mol. The van der Waals surface area contributed by atoms with E-state index in [1.807, 2.05) is 0 Å². The van der Waals surface area contributed by atoms with Crippen molar-refractivity contribution in [2.75, 3.05) is 0 Å². The number of hydrogen-bond donors (Lipinski definition) is 2. The summed E-state index contributed by atoms with van der Waals surface area (Å²) in [6.45, 7) is 2.08. The molecule has 3 nitrogen and oxygen atoms in total. The molecule has 0 saturated heterocycles. The maximum Gasteiger partial charge on any atom is 0.0897 e. The van der Waals surface area contributed by atoms with Crippen LogP contribution in [0.1, 0.15) is 55.6 Å². The summed E-state index contributed by atoms with van der Waals surface area (Å²) in [5.41, 5.74) is 4.30. The van der Waals surface area contributed by atoms with E-state index in [9.17, 15) is 0 Å². The third-order valence-corrected chi connectivity index (χ3v) is 6.28. The number of thiazole rings is 1. The van der Waals surface area contributed by atoms with Gasteiger partial charge in [-0.25, -0.2) is 4.98 Å². The van der Waals surface area contributed by atoms with Crippen molar-refractivity contribution in [2.24, 2.45) is 23.6 Å². The first kappa shape index (κ1) is 14.5. The van der Waals surface area contributed by atoms with Gasteiger partial charge in [0.1, 0.15) is 0 Å². The molecule has 20 heavy (non-hydrogen) atoms. The highest BCUT2D eigenvalue weighted by Gasteiger charge is 2.35. The number of hydrogen-bond acceptors (Lipinski definition) is 4. The molecule has 1 aromatic rings. The van der Waals surface area contributed by atoms with Crippen LogP contribution in [-0.4, -0.2) is 11.0 Å². The predicted octanol–water partition coefficient (Wildman–Crippen LogP) is 3.43. The van der Waals surface area contributed by atoms with E-state index in [4.69, 9.17) is 5.84 Å². The van der Waals surface area contributed by atoms with E-state index < -0.39 is 0 Å². The summed E-state index contributed by atoms with van der Waals surface area (Å²) in [4.78, 5) is 4.60. The lowest BCUT2D eigenvalue weighted by atomic mass is 9.66. The largest absolute Gasteiger partial charge is 0.271 e. The first-order chi connectivity index (χ1) is 9.76. The van der Waals surface area contributed by atoms with E-state index >= 15 is 0 Å². The van der Waals surface area contributed by atoms with Crippen molar-refractivity contribution in [3.05, 3.63) is 16.1 Å².